The Kier molecular flexibility index (Phi) is 6.50. The Hall–Kier alpha value is -0.220. The summed E-state index contributed by atoms with van der Waals surface area (Å²) >= 11 is 2.11. The summed E-state index contributed by atoms with van der Waals surface area (Å²) in [5, 5.41) is 9.39. The number of nitrogens with one attached hydrogen (secondary N) is 1. The van der Waals surface area contributed by atoms with Crippen LogP contribution in [-0.4, -0.2) is 39.9 Å². The average molecular weight is 385 g/mol. The maximum atomic E-state index is 11.9. The Bertz CT molecular complexity index is 460. The zero-order chi connectivity index (χ0) is 13.6. The van der Waals surface area contributed by atoms with Gasteiger partial charge in [0.2, 0.25) is 10.0 Å². The number of aliphatic hydroxyl groups is 1. The molecule has 0 aromatic heterocycles. The van der Waals surface area contributed by atoms with Gasteiger partial charge in [-0.15, -0.1) is 0 Å². The van der Waals surface area contributed by atoms with Crippen molar-refractivity contribution in [3.05, 3.63) is 27.8 Å². The van der Waals surface area contributed by atoms with Gasteiger partial charge in [-0.25, -0.2) is 13.1 Å². The van der Waals surface area contributed by atoms with E-state index in [0.717, 1.165) is 3.57 Å². The van der Waals surface area contributed by atoms with Crippen LogP contribution in [0.5, 0.6) is 0 Å². The van der Waals surface area contributed by atoms with Gasteiger partial charge in [0, 0.05) is 17.2 Å². The Morgan fingerprint density at radius 3 is 2.56 bits per heavy atom. The summed E-state index contributed by atoms with van der Waals surface area (Å²) in [6.45, 7) is 0.379. The topological polar surface area (TPSA) is 75.6 Å². The van der Waals surface area contributed by atoms with Gasteiger partial charge in [-0.1, -0.05) is 0 Å². The summed E-state index contributed by atoms with van der Waals surface area (Å²) in [6, 6.07) is 6.56. The van der Waals surface area contributed by atoms with Gasteiger partial charge in [0.05, 0.1) is 17.6 Å². The molecule has 0 aliphatic carbocycles. The van der Waals surface area contributed by atoms with Gasteiger partial charge in [-0.05, 0) is 53.3 Å². The predicted octanol–water partition coefficient (Wildman–Crippen LogP) is 0.967. The first-order valence-electron chi connectivity index (χ1n) is 5.38. The van der Waals surface area contributed by atoms with Crippen molar-refractivity contribution in [1.29, 1.82) is 0 Å². The molecule has 0 fully saturated rings. The van der Waals surface area contributed by atoms with Crippen molar-refractivity contribution in [3.63, 3.8) is 0 Å². The number of ether oxygens (including phenoxy) is 1. The minimum atomic E-state index is -3.49. The number of benzene rings is 1. The molecule has 7 heteroatoms. The van der Waals surface area contributed by atoms with Crippen LogP contribution in [0.3, 0.4) is 0 Å². The second-order valence-electron chi connectivity index (χ2n) is 3.75. The van der Waals surface area contributed by atoms with Gasteiger partial charge in [-0.2, -0.15) is 0 Å². The zero-order valence-corrected chi connectivity index (χ0v) is 12.9. The molecular formula is C11H16INO4S. The third-order valence-corrected chi connectivity index (χ3v) is 4.45. The second-order valence-corrected chi connectivity index (χ2v) is 6.76. The van der Waals surface area contributed by atoms with Crippen LogP contribution >= 0.6 is 22.6 Å². The average Bonchev–Trinajstić information content (AvgIpc) is 2.29. The molecule has 0 bridgehead atoms. The van der Waals surface area contributed by atoms with Crippen molar-refractivity contribution in [1.82, 2.24) is 4.72 Å². The Morgan fingerprint density at radius 1 is 1.39 bits per heavy atom. The minimum Gasteiger partial charge on any atom is -0.391 e. The molecular weight excluding hydrogens is 369 g/mol. The van der Waals surface area contributed by atoms with Gasteiger partial charge in [0.1, 0.15) is 0 Å². The summed E-state index contributed by atoms with van der Waals surface area (Å²) in [6.07, 6.45) is -0.341. The maximum absolute atomic E-state index is 11.9. The van der Waals surface area contributed by atoms with Crippen LogP contribution in [0.15, 0.2) is 29.2 Å². The van der Waals surface area contributed by atoms with E-state index < -0.39 is 16.1 Å². The van der Waals surface area contributed by atoms with E-state index in [2.05, 4.69) is 27.3 Å². The van der Waals surface area contributed by atoms with Crippen LogP contribution in [-0.2, 0) is 14.8 Å². The molecule has 0 saturated heterocycles. The van der Waals surface area contributed by atoms with E-state index >= 15 is 0 Å². The molecule has 1 aromatic carbocycles. The summed E-state index contributed by atoms with van der Waals surface area (Å²) in [7, 11) is -2.01. The van der Waals surface area contributed by atoms with E-state index in [-0.39, 0.29) is 18.0 Å². The fourth-order valence-electron chi connectivity index (χ4n) is 1.33. The quantitative estimate of drug-likeness (QED) is 0.686. The molecule has 0 spiro atoms. The first-order chi connectivity index (χ1) is 8.45. The first kappa shape index (κ1) is 15.8. The second kappa shape index (κ2) is 7.39. The van der Waals surface area contributed by atoms with Crippen LogP contribution in [0, 0.1) is 3.57 Å². The number of aliphatic hydroxyl groups excluding tert-OH is 1. The van der Waals surface area contributed by atoms with Gasteiger partial charge in [0.15, 0.2) is 0 Å². The highest BCUT2D eigenvalue weighted by Gasteiger charge is 2.13. The third kappa shape index (κ3) is 5.19. The highest BCUT2D eigenvalue weighted by molar-refractivity contribution is 14.1. The van der Waals surface area contributed by atoms with Crippen LogP contribution in [0.25, 0.3) is 0 Å². The smallest absolute Gasteiger partial charge is 0.240 e. The lowest BCUT2D eigenvalue weighted by Gasteiger charge is -2.10. The molecule has 0 radical (unpaired) electrons. The summed E-state index contributed by atoms with van der Waals surface area (Å²) in [5.41, 5.74) is 0. The van der Waals surface area contributed by atoms with E-state index in [4.69, 9.17) is 4.74 Å². The molecule has 2 N–H and O–H groups in total. The Labute approximate surface area is 121 Å². The van der Waals surface area contributed by atoms with Gasteiger partial charge in [0.25, 0.3) is 0 Å². The largest absolute Gasteiger partial charge is 0.391 e. The normalized spacial score (nSPS) is 13.5. The summed E-state index contributed by atoms with van der Waals surface area (Å²) in [5.74, 6) is 0. The molecule has 0 aliphatic rings. The van der Waals surface area contributed by atoms with Crippen molar-refractivity contribution in [2.24, 2.45) is 0 Å². The van der Waals surface area contributed by atoms with Gasteiger partial charge < -0.3 is 9.84 Å². The van der Waals surface area contributed by atoms with E-state index in [0.29, 0.717) is 6.42 Å². The highest BCUT2D eigenvalue weighted by atomic mass is 127. The standard InChI is InChI=1S/C11H16INO4S/c1-17-8-10(14)6-7-13-18(15,16)11-4-2-9(12)3-5-11/h2-5,10,13-14H,6-8H2,1H3. The van der Waals surface area contributed by atoms with Crippen LogP contribution in [0.1, 0.15) is 6.42 Å². The molecule has 1 rings (SSSR count). The zero-order valence-electron chi connectivity index (χ0n) is 9.97. The van der Waals surface area contributed by atoms with Gasteiger partial charge in [-0.3, -0.25) is 0 Å². The summed E-state index contributed by atoms with van der Waals surface area (Å²) < 4.78 is 31.9. The molecule has 1 unspecified atom stereocenters. The van der Waals surface area contributed by atoms with Crippen molar-refractivity contribution in [2.45, 2.75) is 17.4 Å². The monoisotopic (exact) mass is 385 g/mol. The van der Waals surface area contributed by atoms with Gasteiger partial charge >= 0.3 is 0 Å². The molecule has 0 amide bonds. The minimum absolute atomic E-state index is 0.179. The molecule has 1 aromatic rings. The molecule has 0 heterocycles. The van der Waals surface area contributed by atoms with Crippen LogP contribution < -0.4 is 4.72 Å². The summed E-state index contributed by atoms with van der Waals surface area (Å²) in [4.78, 5) is 0.226. The van der Waals surface area contributed by atoms with Crippen LogP contribution in [0.2, 0.25) is 0 Å². The number of hydrogen-bond donors (Lipinski definition) is 2. The predicted molar refractivity (Wildman–Crippen MR) is 76.8 cm³/mol. The molecule has 0 saturated carbocycles. The third-order valence-electron chi connectivity index (χ3n) is 2.25. The number of halogens is 1. The molecule has 5 nitrogen and oxygen atoms in total. The lowest BCUT2D eigenvalue weighted by molar-refractivity contribution is 0.0603. The molecule has 0 aliphatic heterocycles. The number of rotatable bonds is 7. The van der Waals surface area contributed by atoms with E-state index in [1.165, 1.54) is 7.11 Å². The van der Waals surface area contributed by atoms with Crippen molar-refractivity contribution < 1.29 is 18.3 Å². The lowest BCUT2D eigenvalue weighted by atomic mass is 10.3. The number of methoxy groups -OCH3 is 1. The highest BCUT2D eigenvalue weighted by Crippen LogP contribution is 2.11. The van der Waals surface area contributed by atoms with Crippen molar-refractivity contribution in [3.8, 4) is 0 Å². The van der Waals surface area contributed by atoms with Crippen molar-refractivity contribution in [2.75, 3.05) is 20.3 Å². The Morgan fingerprint density at radius 2 is 2.00 bits per heavy atom. The fourth-order valence-corrected chi connectivity index (χ4v) is 2.74. The number of hydrogen-bond acceptors (Lipinski definition) is 4. The molecule has 102 valence electrons. The first-order valence-corrected chi connectivity index (χ1v) is 7.94. The van der Waals surface area contributed by atoms with E-state index in [1.807, 2.05) is 0 Å². The number of sulfonamides is 1. The SMILES string of the molecule is COCC(O)CCNS(=O)(=O)c1ccc(I)cc1. The Balaban J connectivity index is 2.52. The van der Waals surface area contributed by atoms with E-state index in [9.17, 15) is 13.5 Å². The van der Waals surface area contributed by atoms with Crippen LogP contribution in [0.4, 0.5) is 0 Å². The molecule has 1 atom stereocenters. The lowest BCUT2D eigenvalue weighted by Crippen LogP contribution is -2.28. The van der Waals surface area contributed by atoms with Crippen molar-refractivity contribution >= 4 is 32.6 Å². The maximum Gasteiger partial charge on any atom is 0.240 e. The fraction of sp³-hybridized carbons (Fsp3) is 0.455. The molecule has 18 heavy (non-hydrogen) atoms. The van der Waals surface area contributed by atoms with E-state index in [1.54, 1.807) is 24.3 Å².